The van der Waals surface area contributed by atoms with Crippen molar-refractivity contribution in [3.63, 3.8) is 0 Å². The van der Waals surface area contributed by atoms with E-state index in [4.69, 9.17) is 14.2 Å². The quantitative estimate of drug-likeness (QED) is 0.0261. The van der Waals surface area contributed by atoms with Gasteiger partial charge < -0.3 is 14.2 Å². The molecule has 75 heavy (non-hydrogen) atoms. The molecular formula is C69H132O6. The zero-order valence-corrected chi connectivity index (χ0v) is 51.1. The standard InChI is InChI=1S/C69H132O6/c1-4-7-10-13-16-19-22-25-27-29-30-31-32-33-34-35-36-37-38-40-41-44-47-50-53-56-59-62-68(71)74-65-66(64-73-67(70)61-58-55-52-49-46-43-24-21-18-15-12-9-6-3)75-69(72)63-60-57-54-51-48-45-42-39-28-26-23-20-17-14-11-8-5-2/h29-30,66H,4-28,31-65H2,1-3H3/b30-29-. The maximum Gasteiger partial charge on any atom is 0.306 e. The molecular weight excluding hydrogens is 925 g/mol. The highest BCUT2D eigenvalue weighted by molar-refractivity contribution is 5.71. The van der Waals surface area contributed by atoms with E-state index in [-0.39, 0.29) is 31.1 Å². The summed E-state index contributed by atoms with van der Waals surface area (Å²) >= 11 is 0. The first-order valence-corrected chi connectivity index (χ1v) is 34.2. The Morgan fingerprint density at radius 2 is 0.440 bits per heavy atom. The van der Waals surface area contributed by atoms with Gasteiger partial charge in [0.1, 0.15) is 13.2 Å². The maximum absolute atomic E-state index is 12.9. The molecule has 0 aromatic carbocycles. The van der Waals surface area contributed by atoms with E-state index in [1.807, 2.05) is 0 Å². The third kappa shape index (κ3) is 62.9. The molecule has 0 amide bonds. The molecule has 1 atom stereocenters. The number of rotatable bonds is 64. The fourth-order valence-electron chi connectivity index (χ4n) is 10.6. The molecule has 0 spiro atoms. The maximum atomic E-state index is 12.9. The van der Waals surface area contributed by atoms with Crippen molar-refractivity contribution in [1.29, 1.82) is 0 Å². The van der Waals surface area contributed by atoms with E-state index in [9.17, 15) is 14.4 Å². The number of allylic oxidation sites excluding steroid dienone is 2. The molecule has 0 radical (unpaired) electrons. The highest BCUT2D eigenvalue weighted by Crippen LogP contribution is 2.19. The summed E-state index contributed by atoms with van der Waals surface area (Å²) in [5.74, 6) is -0.828. The predicted octanol–water partition coefficient (Wildman–Crippen LogP) is 23.2. The van der Waals surface area contributed by atoms with Gasteiger partial charge in [0.05, 0.1) is 0 Å². The average Bonchev–Trinajstić information content (AvgIpc) is 3.41. The fourth-order valence-corrected chi connectivity index (χ4v) is 10.6. The molecule has 1 unspecified atom stereocenters. The molecule has 0 N–H and O–H groups in total. The topological polar surface area (TPSA) is 78.9 Å². The Kier molecular flexibility index (Phi) is 63.1. The monoisotopic (exact) mass is 1060 g/mol. The smallest absolute Gasteiger partial charge is 0.306 e. The van der Waals surface area contributed by atoms with Crippen LogP contribution in [0.3, 0.4) is 0 Å². The second-order valence-corrected chi connectivity index (χ2v) is 23.5. The van der Waals surface area contributed by atoms with Crippen LogP contribution in [0.4, 0.5) is 0 Å². The van der Waals surface area contributed by atoms with Crippen molar-refractivity contribution in [2.75, 3.05) is 13.2 Å². The van der Waals surface area contributed by atoms with E-state index in [0.717, 1.165) is 57.8 Å². The van der Waals surface area contributed by atoms with Crippen LogP contribution in [0.25, 0.3) is 0 Å². The van der Waals surface area contributed by atoms with Crippen LogP contribution in [0.2, 0.25) is 0 Å². The van der Waals surface area contributed by atoms with Gasteiger partial charge in [0.25, 0.3) is 0 Å². The van der Waals surface area contributed by atoms with Crippen molar-refractivity contribution in [3.05, 3.63) is 12.2 Å². The molecule has 0 rings (SSSR count). The SMILES string of the molecule is CCCCCCCCCC/C=C\CCCCCCCCCCCCCCCCCC(=O)OCC(COC(=O)CCCCCCCCCCCCCCC)OC(=O)CCCCCCCCCCCCCCCCCCC. The lowest BCUT2D eigenvalue weighted by Crippen LogP contribution is -2.30. The number of hydrogen-bond acceptors (Lipinski definition) is 6. The number of unbranched alkanes of at least 4 members (excludes halogenated alkanes) is 51. The first-order chi connectivity index (χ1) is 37.0. The zero-order valence-electron chi connectivity index (χ0n) is 51.1. The third-order valence-electron chi connectivity index (χ3n) is 15.8. The molecule has 0 aliphatic carbocycles. The molecule has 444 valence electrons. The average molecular weight is 1060 g/mol. The van der Waals surface area contributed by atoms with Crippen LogP contribution in [0.1, 0.15) is 393 Å². The fraction of sp³-hybridized carbons (Fsp3) is 0.928. The van der Waals surface area contributed by atoms with Gasteiger partial charge in [0, 0.05) is 19.3 Å². The third-order valence-corrected chi connectivity index (χ3v) is 15.8. The van der Waals surface area contributed by atoms with Crippen molar-refractivity contribution in [1.82, 2.24) is 0 Å². The second kappa shape index (κ2) is 64.7. The van der Waals surface area contributed by atoms with E-state index in [1.54, 1.807) is 0 Å². The lowest BCUT2D eigenvalue weighted by Gasteiger charge is -2.18. The molecule has 0 aliphatic heterocycles. The van der Waals surface area contributed by atoms with Gasteiger partial charge in [-0.05, 0) is 44.9 Å². The molecule has 0 saturated heterocycles. The van der Waals surface area contributed by atoms with Gasteiger partial charge in [0.15, 0.2) is 6.10 Å². The van der Waals surface area contributed by atoms with Crippen LogP contribution in [0.5, 0.6) is 0 Å². The van der Waals surface area contributed by atoms with E-state index in [2.05, 4.69) is 32.9 Å². The molecule has 0 aromatic rings. The van der Waals surface area contributed by atoms with Crippen LogP contribution < -0.4 is 0 Å². The van der Waals surface area contributed by atoms with Crippen LogP contribution >= 0.6 is 0 Å². The summed E-state index contributed by atoms with van der Waals surface area (Å²) < 4.78 is 17.0. The second-order valence-electron chi connectivity index (χ2n) is 23.5. The summed E-state index contributed by atoms with van der Waals surface area (Å²) in [4.78, 5) is 38.3. The summed E-state index contributed by atoms with van der Waals surface area (Å²) in [7, 11) is 0. The Morgan fingerprint density at radius 3 is 0.667 bits per heavy atom. The van der Waals surface area contributed by atoms with Gasteiger partial charge in [0.2, 0.25) is 0 Å². The molecule has 0 saturated carbocycles. The van der Waals surface area contributed by atoms with Gasteiger partial charge in [-0.3, -0.25) is 14.4 Å². The van der Waals surface area contributed by atoms with Gasteiger partial charge in [-0.2, -0.15) is 0 Å². The number of carbonyl (C=O) groups excluding carboxylic acids is 3. The summed E-state index contributed by atoms with van der Waals surface area (Å²) in [6.07, 6.45) is 76.6. The van der Waals surface area contributed by atoms with E-state index in [0.29, 0.717) is 19.3 Å². The minimum atomic E-state index is -0.764. The highest BCUT2D eigenvalue weighted by Gasteiger charge is 2.19. The van der Waals surface area contributed by atoms with E-state index < -0.39 is 6.10 Å². The van der Waals surface area contributed by atoms with Crippen LogP contribution in [0, 0.1) is 0 Å². The molecule has 6 heteroatoms. The first kappa shape index (κ1) is 73.2. The van der Waals surface area contributed by atoms with Crippen molar-refractivity contribution in [3.8, 4) is 0 Å². The van der Waals surface area contributed by atoms with Crippen molar-refractivity contribution in [2.24, 2.45) is 0 Å². The summed E-state index contributed by atoms with van der Waals surface area (Å²) in [6.45, 7) is 6.72. The van der Waals surface area contributed by atoms with Crippen LogP contribution in [0.15, 0.2) is 12.2 Å². The summed E-state index contributed by atoms with van der Waals surface area (Å²) in [6, 6.07) is 0. The predicted molar refractivity (Wildman–Crippen MR) is 326 cm³/mol. The molecule has 0 heterocycles. The van der Waals surface area contributed by atoms with E-state index in [1.165, 1.54) is 295 Å². The van der Waals surface area contributed by atoms with Crippen molar-refractivity contribution in [2.45, 2.75) is 399 Å². The van der Waals surface area contributed by atoms with Crippen molar-refractivity contribution < 1.29 is 28.6 Å². The Morgan fingerprint density at radius 1 is 0.253 bits per heavy atom. The Hall–Kier alpha value is -1.85. The van der Waals surface area contributed by atoms with Gasteiger partial charge >= 0.3 is 17.9 Å². The lowest BCUT2D eigenvalue weighted by molar-refractivity contribution is -0.167. The first-order valence-electron chi connectivity index (χ1n) is 34.2. The van der Waals surface area contributed by atoms with E-state index >= 15 is 0 Å². The van der Waals surface area contributed by atoms with Crippen molar-refractivity contribution >= 4 is 17.9 Å². The normalized spacial score (nSPS) is 12.0. The number of esters is 3. The van der Waals surface area contributed by atoms with Crippen LogP contribution in [-0.2, 0) is 28.6 Å². The minimum absolute atomic E-state index is 0.0624. The molecule has 0 fully saturated rings. The largest absolute Gasteiger partial charge is 0.462 e. The summed E-state index contributed by atoms with van der Waals surface area (Å²) in [5.41, 5.74) is 0. The minimum Gasteiger partial charge on any atom is -0.462 e. The van der Waals surface area contributed by atoms with Gasteiger partial charge in [-0.25, -0.2) is 0 Å². The number of carbonyl (C=O) groups is 3. The molecule has 0 aromatic heterocycles. The Labute approximate surface area is 469 Å². The Bertz CT molecular complexity index is 1170. The highest BCUT2D eigenvalue weighted by atomic mass is 16.6. The number of ether oxygens (including phenoxy) is 3. The number of hydrogen-bond donors (Lipinski definition) is 0. The van der Waals surface area contributed by atoms with Gasteiger partial charge in [-0.15, -0.1) is 0 Å². The zero-order chi connectivity index (χ0) is 54.3. The van der Waals surface area contributed by atoms with Gasteiger partial charge in [-0.1, -0.05) is 341 Å². The molecule has 6 nitrogen and oxygen atoms in total. The van der Waals surface area contributed by atoms with Crippen LogP contribution in [-0.4, -0.2) is 37.2 Å². The molecule has 0 aliphatic rings. The molecule has 0 bridgehead atoms. The Balaban J connectivity index is 4.17. The lowest BCUT2D eigenvalue weighted by atomic mass is 10.0. The summed E-state index contributed by atoms with van der Waals surface area (Å²) in [5, 5.41) is 0.